The van der Waals surface area contributed by atoms with Crippen LogP contribution < -0.4 is 10.6 Å². The van der Waals surface area contributed by atoms with Gasteiger partial charge in [-0.3, -0.25) is 0 Å². The molecule has 218 valence electrons. The lowest BCUT2D eigenvalue weighted by Crippen LogP contribution is -2.38. The zero-order valence-corrected chi connectivity index (χ0v) is 25.4. The third-order valence-corrected chi connectivity index (χ3v) is 9.01. The number of anilines is 2. The fourth-order valence-corrected chi connectivity index (χ4v) is 6.96. The van der Waals surface area contributed by atoms with E-state index in [1.807, 2.05) is 36.4 Å². The van der Waals surface area contributed by atoms with E-state index in [9.17, 15) is 0 Å². The topological polar surface area (TPSA) is 49.8 Å². The van der Waals surface area contributed by atoms with Crippen LogP contribution in [0.25, 0.3) is 0 Å². The van der Waals surface area contributed by atoms with Crippen molar-refractivity contribution >= 4 is 21.6 Å². The first-order valence-electron chi connectivity index (χ1n) is 15.0. The molecule has 0 bridgehead atoms. The first kappa shape index (κ1) is 28.3. The second-order valence-corrected chi connectivity index (χ2v) is 11.8. The van der Waals surface area contributed by atoms with E-state index in [4.69, 9.17) is 10.2 Å². The van der Waals surface area contributed by atoms with E-state index in [-0.39, 0.29) is 0 Å². The molecule has 0 aliphatic carbocycles. The monoisotopic (exact) mass is 600 g/mol. The van der Waals surface area contributed by atoms with Gasteiger partial charge in [0.1, 0.15) is 11.1 Å². The molecule has 0 aliphatic rings. The summed E-state index contributed by atoms with van der Waals surface area (Å²) in [5.41, 5.74) is 5.27. The maximum absolute atomic E-state index is 4.74. The average Bonchev–Trinajstić information content (AvgIpc) is 3.58. The molecule has 7 rings (SSSR count). The molecule has 1 aromatic heterocycles. The average molecular weight is 601 g/mol. The van der Waals surface area contributed by atoms with Crippen LogP contribution in [0.1, 0.15) is 33.4 Å². The van der Waals surface area contributed by atoms with Crippen molar-refractivity contribution in [1.82, 2.24) is 10.2 Å². The van der Waals surface area contributed by atoms with E-state index in [1.54, 1.807) is 0 Å². The Labute approximate surface area is 268 Å². The summed E-state index contributed by atoms with van der Waals surface area (Å²) >= 11 is 1.51. The summed E-state index contributed by atoms with van der Waals surface area (Å²) < 4.78 is 0. The molecular weight excluding hydrogens is 569 g/mol. The summed E-state index contributed by atoms with van der Waals surface area (Å²) in [4.78, 5) is 0. The number of nitrogens with one attached hydrogen (secondary N) is 2. The van der Waals surface area contributed by atoms with Gasteiger partial charge in [-0.25, -0.2) is 0 Å². The number of nitrogens with zero attached hydrogens (tertiary/aromatic N) is 2. The standard InChI is InChI=1S/C40H32N4S/c1-7-19-31(20-8-1)39(32-21-9-2-10-22-32,33-23-11-3-12-24-33)41-37-43-44-38(45-37)42-40(34-25-13-4-14-26-34,35-27-15-5-16-28-35)36-29-17-6-18-30-36/h1-30H,(H,41,43)(H,42,44). The van der Waals surface area contributed by atoms with Crippen molar-refractivity contribution in [2.75, 3.05) is 10.6 Å². The molecule has 0 unspecified atom stereocenters. The van der Waals surface area contributed by atoms with Crippen LogP contribution in [0.4, 0.5) is 10.3 Å². The van der Waals surface area contributed by atoms with Crippen molar-refractivity contribution in [1.29, 1.82) is 0 Å². The first-order valence-corrected chi connectivity index (χ1v) is 15.8. The quantitative estimate of drug-likeness (QED) is 0.154. The molecule has 0 saturated heterocycles. The number of hydrogen-bond acceptors (Lipinski definition) is 5. The Bertz CT molecular complexity index is 1590. The number of rotatable bonds is 10. The zero-order chi connectivity index (χ0) is 30.4. The van der Waals surface area contributed by atoms with Crippen LogP contribution in [-0.2, 0) is 11.1 Å². The Kier molecular flexibility index (Phi) is 7.92. The molecule has 0 amide bonds. The van der Waals surface area contributed by atoms with Gasteiger partial charge in [0, 0.05) is 0 Å². The van der Waals surface area contributed by atoms with Gasteiger partial charge in [0.05, 0.1) is 0 Å². The fraction of sp³-hybridized carbons (Fsp3) is 0.0500. The summed E-state index contributed by atoms with van der Waals surface area (Å²) in [6.45, 7) is 0. The van der Waals surface area contributed by atoms with Crippen molar-refractivity contribution in [3.8, 4) is 0 Å². The lowest BCUT2D eigenvalue weighted by atomic mass is 9.77. The smallest absolute Gasteiger partial charge is 0.208 e. The summed E-state index contributed by atoms with van der Waals surface area (Å²) in [7, 11) is 0. The molecular formula is C40H32N4S. The van der Waals surface area contributed by atoms with Crippen molar-refractivity contribution in [3.05, 3.63) is 215 Å². The number of aromatic nitrogens is 2. The van der Waals surface area contributed by atoms with Crippen molar-refractivity contribution in [2.24, 2.45) is 0 Å². The van der Waals surface area contributed by atoms with Crippen LogP contribution in [0.2, 0.25) is 0 Å². The minimum atomic E-state index is -0.698. The second kappa shape index (κ2) is 12.6. The largest absolute Gasteiger partial charge is 0.342 e. The molecule has 7 aromatic rings. The van der Waals surface area contributed by atoms with Gasteiger partial charge in [0.15, 0.2) is 0 Å². The van der Waals surface area contributed by atoms with Gasteiger partial charge in [0.2, 0.25) is 10.3 Å². The molecule has 0 spiro atoms. The molecule has 2 N–H and O–H groups in total. The van der Waals surface area contributed by atoms with Gasteiger partial charge in [-0.1, -0.05) is 193 Å². The molecule has 0 saturated carbocycles. The second-order valence-electron chi connectivity index (χ2n) is 10.9. The molecule has 6 aromatic carbocycles. The normalized spacial score (nSPS) is 11.6. The third-order valence-electron chi connectivity index (χ3n) is 8.25. The highest BCUT2D eigenvalue weighted by Crippen LogP contribution is 2.43. The lowest BCUT2D eigenvalue weighted by Gasteiger charge is -2.37. The van der Waals surface area contributed by atoms with Gasteiger partial charge >= 0.3 is 0 Å². The minimum Gasteiger partial charge on any atom is -0.342 e. The zero-order valence-electron chi connectivity index (χ0n) is 24.6. The highest BCUT2D eigenvalue weighted by atomic mass is 32.1. The Morgan fingerprint density at radius 3 is 0.711 bits per heavy atom. The maximum atomic E-state index is 4.74. The predicted molar refractivity (Wildman–Crippen MR) is 186 cm³/mol. The Balaban J connectivity index is 1.37. The molecule has 45 heavy (non-hydrogen) atoms. The van der Waals surface area contributed by atoms with Crippen LogP contribution in [0.5, 0.6) is 0 Å². The van der Waals surface area contributed by atoms with Crippen LogP contribution in [0.3, 0.4) is 0 Å². The number of benzene rings is 6. The Morgan fingerprint density at radius 1 is 0.311 bits per heavy atom. The Morgan fingerprint density at radius 2 is 0.511 bits per heavy atom. The molecule has 1 heterocycles. The van der Waals surface area contributed by atoms with Crippen LogP contribution in [-0.4, -0.2) is 10.2 Å². The van der Waals surface area contributed by atoms with Gasteiger partial charge < -0.3 is 10.6 Å². The molecule has 5 heteroatoms. The highest BCUT2D eigenvalue weighted by molar-refractivity contribution is 7.19. The van der Waals surface area contributed by atoms with E-state index < -0.39 is 11.1 Å². The van der Waals surface area contributed by atoms with E-state index in [1.165, 1.54) is 11.3 Å². The summed E-state index contributed by atoms with van der Waals surface area (Å²) in [6.07, 6.45) is 0. The number of hydrogen-bond donors (Lipinski definition) is 2. The molecule has 0 aliphatic heterocycles. The van der Waals surface area contributed by atoms with Gasteiger partial charge in [0.25, 0.3) is 0 Å². The fourth-order valence-electron chi connectivity index (χ4n) is 6.21. The van der Waals surface area contributed by atoms with Crippen molar-refractivity contribution in [3.63, 3.8) is 0 Å². The van der Waals surface area contributed by atoms with Gasteiger partial charge in [-0.05, 0) is 33.4 Å². The van der Waals surface area contributed by atoms with Crippen LogP contribution in [0.15, 0.2) is 182 Å². The lowest BCUT2D eigenvalue weighted by molar-refractivity contribution is 0.704. The molecule has 0 radical (unpaired) electrons. The van der Waals surface area contributed by atoms with Crippen LogP contribution in [0, 0.1) is 0 Å². The Hall–Kier alpha value is -5.52. The van der Waals surface area contributed by atoms with E-state index >= 15 is 0 Å². The summed E-state index contributed by atoms with van der Waals surface area (Å²) in [5.74, 6) is 0. The SMILES string of the molecule is c1ccc(C(Nc2nnc(NC(c3ccccc3)(c3ccccc3)c3ccccc3)s2)(c2ccccc2)c2ccccc2)cc1. The van der Waals surface area contributed by atoms with Gasteiger partial charge in [-0.2, -0.15) is 0 Å². The molecule has 0 fully saturated rings. The van der Waals surface area contributed by atoms with Gasteiger partial charge in [-0.15, -0.1) is 10.2 Å². The minimum absolute atomic E-state index is 0.698. The van der Waals surface area contributed by atoms with Crippen LogP contribution >= 0.6 is 11.3 Å². The highest BCUT2D eigenvalue weighted by Gasteiger charge is 2.39. The summed E-state index contributed by atoms with van der Waals surface area (Å²) in [5, 5.41) is 18.6. The predicted octanol–water partition coefficient (Wildman–Crippen LogP) is 9.35. The first-order chi connectivity index (χ1) is 22.3. The van der Waals surface area contributed by atoms with E-state index in [0.717, 1.165) is 33.4 Å². The molecule has 0 atom stereocenters. The van der Waals surface area contributed by atoms with E-state index in [0.29, 0.717) is 10.3 Å². The maximum Gasteiger partial charge on any atom is 0.208 e. The van der Waals surface area contributed by atoms with E-state index in [2.05, 4.69) is 156 Å². The third kappa shape index (κ3) is 5.39. The van der Waals surface area contributed by atoms with Crippen molar-refractivity contribution in [2.45, 2.75) is 11.1 Å². The van der Waals surface area contributed by atoms with Crippen molar-refractivity contribution < 1.29 is 0 Å². The molecule has 4 nitrogen and oxygen atoms in total. The summed E-state index contributed by atoms with van der Waals surface area (Å²) in [6, 6.07) is 63.3.